The van der Waals surface area contributed by atoms with E-state index >= 15 is 0 Å². The minimum atomic E-state index is 0.802. The van der Waals surface area contributed by atoms with E-state index in [1.54, 1.807) is 0 Å². The molecule has 0 saturated heterocycles. The minimum absolute atomic E-state index is 0.802. The van der Waals surface area contributed by atoms with Gasteiger partial charge >= 0.3 is 0 Å². The molecular formula is C10H21N. The highest BCUT2D eigenvalue weighted by molar-refractivity contribution is 4.84. The first kappa shape index (κ1) is 9.05. The second kappa shape index (κ2) is 4.10. The van der Waals surface area contributed by atoms with Gasteiger partial charge in [-0.2, -0.15) is 0 Å². The molecule has 0 bridgehead atoms. The van der Waals surface area contributed by atoms with E-state index in [9.17, 15) is 0 Å². The molecule has 1 aliphatic rings. The molecule has 1 heteroatoms. The summed E-state index contributed by atoms with van der Waals surface area (Å²) in [6, 6.07) is 0.849. The van der Waals surface area contributed by atoms with Crippen LogP contribution in [0.2, 0.25) is 0 Å². The first-order valence-electron chi connectivity index (χ1n) is 4.95. The first-order valence-corrected chi connectivity index (χ1v) is 4.95. The minimum Gasteiger partial charge on any atom is -0.314 e. The summed E-state index contributed by atoms with van der Waals surface area (Å²) in [4.78, 5) is 0. The number of hydrogen-bond donors (Lipinski definition) is 1. The molecule has 0 radical (unpaired) electrons. The average molecular weight is 155 g/mol. The molecule has 0 aromatic carbocycles. The van der Waals surface area contributed by atoms with Crippen LogP contribution < -0.4 is 5.32 Å². The summed E-state index contributed by atoms with van der Waals surface area (Å²) in [5, 5.41) is 3.58. The molecule has 1 rings (SSSR count). The zero-order chi connectivity index (χ0) is 8.27. The van der Waals surface area contributed by atoms with E-state index < -0.39 is 0 Å². The van der Waals surface area contributed by atoms with Crippen LogP contribution in [0.4, 0.5) is 0 Å². The lowest BCUT2D eigenvalue weighted by Gasteiger charge is -2.35. The molecule has 0 heterocycles. The molecule has 0 amide bonds. The highest BCUT2D eigenvalue weighted by atomic mass is 14.9. The molecule has 1 aliphatic carbocycles. The zero-order valence-electron chi connectivity index (χ0n) is 8.06. The van der Waals surface area contributed by atoms with Gasteiger partial charge in [0.25, 0.3) is 0 Å². The lowest BCUT2D eigenvalue weighted by atomic mass is 9.78. The molecule has 0 aromatic heterocycles. The van der Waals surface area contributed by atoms with Gasteiger partial charge in [-0.05, 0) is 31.2 Å². The molecule has 1 fully saturated rings. The smallest absolute Gasteiger partial charge is 0.00724 e. The first-order chi connectivity index (χ1) is 5.22. The molecule has 11 heavy (non-hydrogen) atoms. The van der Waals surface area contributed by atoms with E-state index in [1.165, 1.54) is 25.8 Å². The molecule has 0 aromatic rings. The van der Waals surface area contributed by atoms with E-state index in [4.69, 9.17) is 0 Å². The fourth-order valence-corrected chi connectivity index (χ4v) is 1.64. The Kier molecular flexibility index (Phi) is 3.38. The van der Waals surface area contributed by atoms with Gasteiger partial charge in [0.15, 0.2) is 0 Å². The third-order valence-corrected chi connectivity index (χ3v) is 2.63. The van der Waals surface area contributed by atoms with Crippen LogP contribution in [-0.2, 0) is 0 Å². The Morgan fingerprint density at radius 2 is 2.00 bits per heavy atom. The molecule has 1 saturated carbocycles. The molecule has 0 spiro atoms. The fraction of sp³-hybridized carbons (Fsp3) is 1.00. The second-order valence-electron chi connectivity index (χ2n) is 4.24. The molecule has 0 aliphatic heterocycles. The van der Waals surface area contributed by atoms with Crippen LogP contribution in [-0.4, -0.2) is 12.6 Å². The van der Waals surface area contributed by atoms with E-state index in [2.05, 4.69) is 26.1 Å². The van der Waals surface area contributed by atoms with Crippen LogP contribution in [0.15, 0.2) is 0 Å². The molecule has 0 atom stereocenters. The summed E-state index contributed by atoms with van der Waals surface area (Å²) >= 11 is 0. The Bertz CT molecular complexity index is 103. The molecular weight excluding hydrogens is 134 g/mol. The Balaban J connectivity index is 1.96. The Labute approximate surface area is 70.6 Å². The van der Waals surface area contributed by atoms with Gasteiger partial charge in [0.2, 0.25) is 0 Å². The predicted octanol–water partition coefficient (Wildman–Crippen LogP) is 2.42. The summed E-state index contributed by atoms with van der Waals surface area (Å²) in [6.45, 7) is 8.02. The van der Waals surface area contributed by atoms with Crippen molar-refractivity contribution in [2.75, 3.05) is 6.54 Å². The quantitative estimate of drug-likeness (QED) is 0.657. The summed E-state index contributed by atoms with van der Waals surface area (Å²) in [6.07, 6.45) is 4.21. The van der Waals surface area contributed by atoms with Crippen molar-refractivity contribution in [3.05, 3.63) is 0 Å². The standard InChI is InChI=1S/C10H21N/c1-4-9-5-10(6-9)11-7-8(2)3/h8-11H,4-7H2,1-3H3. The van der Waals surface area contributed by atoms with Gasteiger partial charge in [0.1, 0.15) is 0 Å². The molecule has 1 N–H and O–H groups in total. The van der Waals surface area contributed by atoms with Crippen molar-refractivity contribution in [1.29, 1.82) is 0 Å². The summed E-state index contributed by atoms with van der Waals surface area (Å²) < 4.78 is 0. The van der Waals surface area contributed by atoms with E-state index in [0.29, 0.717) is 0 Å². The van der Waals surface area contributed by atoms with Gasteiger partial charge in [0, 0.05) is 6.04 Å². The van der Waals surface area contributed by atoms with Crippen molar-refractivity contribution in [1.82, 2.24) is 5.32 Å². The third kappa shape index (κ3) is 2.82. The maximum atomic E-state index is 3.58. The molecule has 66 valence electrons. The van der Waals surface area contributed by atoms with Crippen LogP contribution in [0.1, 0.15) is 40.0 Å². The van der Waals surface area contributed by atoms with Crippen molar-refractivity contribution < 1.29 is 0 Å². The lowest BCUT2D eigenvalue weighted by Crippen LogP contribution is -2.42. The second-order valence-corrected chi connectivity index (χ2v) is 4.24. The summed E-state index contributed by atoms with van der Waals surface area (Å²) in [7, 11) is 0. The SMILES string of the molecule is CCC1CC(NCC(C)C)C1. The lowest BCUT2D eigenvalue weighted by molar-refractivity contribution is 0.212. The summed E-state index contributed by atoms with van der Waals surface area (Å²) in [5.74, 6) is 1.83. The van der Waals surface area contributed by atoms with Crippen LogP contribution in [0.3, 0.4) is 0 Å². The fourth-order valence-electron chi connectivity index (χ4n) is 1.64. The monoisotopic (exact) mass is 155 g/mol. The Morgan fingerprint density at radius 3 is 2.45 bits per heavy atom. The third-order valence-electron chi connectivity index (χ3n) is 2.63. The topological polar surface area (TPSA) is 12.0 Å². The molecule has 0 unspecified atom stereocenters. The van der Waals surface area contributed by atoms with E-state index in [0.717, 1.165) is 17.9 Å². The average Bonchev–Trinajstić information content (AvgIpc) is 1.84. The maximum Gasteiger partial charge on any atom is 0.00724 e. The van der Waals surface area contributed by atoms with Gasteiger partial charge in [-0.1, -0.05) is 27.2 Å². The maximum absolute atomic E-state index is 3.58. The van der Waals surface area contributed by atoms with Crippen molar-refractivity contribution >= 4 is 0 Å². The van der Waals surface area contributed by atoms with Crippen molar-refractivity contribution in [2.45, 2.75) is 46.1 Å². The summed E-state index contributed by atoms with van der Waals surface area (Å²) in [5.41, 5.74) is 0. The van der Waals surface area contributed by atoms with Gasteiger partial charge in [-0.3, -0.25) is 0 Å². The highest BCUT2D eigenvalue weighted by Gasteiger charge is 2.26. The predicted molar refractivity (Wildman–Crippen MR) is 49.6 cm³/mol. The Morgan fingerprint density at radius 1 is 1.36 bits per heavy atom. The van der Waals surface area contributed by atoms with E-state index in [-0.39, 0.29) is 0 Å². The van der Waals surface area contributed by atoms with Crippen LogP contribution in [0.25, 0.3) is 0 Å². The number of hydrogen-bond acceptors (Lipinski definition) is 1. The largest absolute Gasteiger partial charge is 0.314 e. The van der Waals surface area contributed by atoms with Crippen molar-refractivity contribution in [3.63, 3.8) is 0 Å². The normalized spacial score (nSPS) is 30.5. The molecule has 1 nitrogen and oxygen atoms in total. The van der Waals surface area contributed by atoms with Gasteiger partial charge in [-0.15, -0.1) is 0 Å². The van der Waals surface area contributed by atoms with Gasteiger partial charge in [0.05, 0.1) is 0 Å². The zero-order valence-corrected chi connectivity index (χ0v) is 8.06. The Hall–Kier alpha value is -0.0400. The van der Waals surface area contributed by atoms with Crippen molar-refractivity contribution in [2.24, 2.45) is 11.8 Å². The number of rotatable bonds is 4. The number of nitrogens with one attached hydrogen (secondary N) is 1. The highest BCUT2D eigenvalue weighted by Crippen LogP contribution is 2.29. The van der Waals surface area contributed by atoms with Crippen LogP contribution in [0, 0.1) is 11.8 Å². The van der Waals surface area contributed by atoms with Crippen LogP contribution in [0.5, 0.6) is 0 Å². The van der Waals surface area contributed by atoms with E-state index in [1.807, 2.05) is 0 Å². The van der Waals surface area contributed by atoms with Gasteiger partial charge < -0.3 is 5.32 Å². The van der Waals surface area contributed by atoms with Crippen LogP contribution >= 0.6 is 0 Å². The van der Waals surface area contributed by atoms with Gasteiger partial charge in [-0.25, -0.2) is 0 Å². The van der Waals surface area contributed by atoms with Crippen molar-refractivity contribution in [3.8, 4) is 0 Å².